The summed E-state index contributed by atoms with van der Waals surface area (Å²) in [5.41, 5.74) is 4.74. The third kappa shape index (κ3) is 5.06. The van der Waals surface area contributed by atoms with Crippen molar-refractivity contribution in [2.75, 3.05) is 19.8 Å². The second-order valence-corrected chi connectivity index (χ2v) is 4.50. The van der Waals surface area contributed by atoms with Crippen LogP contribution in [0.2, 0.25) is 0 Å². The first-order valence-corrected chi connectivity index (χ1v) is 6.93. The molecule has 0 fully saturated rings. The molecule has 19 heavy (non-hydrogen) atoms. The first-order valence-electron chi connectivity index (χ1n) is 6.93. The lowest BCUT2D eigenvalue weighted by molar-refractivity contribution is -0.128. The van der Waals surface area contributed by atoms with Crippen molar-refractivity contribution in [3.05, 3.63) is 0 Å². The summed E-state index contributed by atoms with van der Waals surface area (Å²) in [5, 5.41) is 14.6. The summed E-state index contributed by atoms with van der Waals surface area (Å²) in [6, 6.07) is 0. The third-order valence-electron chi connectivity index (χ3n) is 3.34. The number of carbonyl (C=O) groups is 1. The van der Waals surface area contributed by atoms with Gasteiger partial charge in [0.1, 0.15) is 5.41 Å². The monoisotopic (exact) mass is 273 g/mol. The summed E-state index contributed by atoms with van der Waals surface area (Å²) in [6.45, 7) is 7.66. The first kappa shape index (κ1) is 17.7. The molecular formula is C13H27N3O3. The molecule has 0 aromatic carbocycles. The molecule has 0 bridgehead atoms. The molecule has 0 saturated heterocycles. The molecule has 0 atom stereocenters. The molecule has 6 heteroatoms. The van der Waals surface area contributed by atoms with Crippen LogP contribution in [0, 0.1) is 5.41 Å². The van der Waals surface area contributed by atoms with Crippen LogP contribution in [0.25, 0.3) is 0 Å². The molecule has 0 aromatic heterocycles. The van der Waals surface area contributed by atoms with Gasteiger partial charge in [0.2, 0.25) is 5.91 Å². The van der Waals surface area contributed by atoms with Crippen molar-refractivity contribution < 1.29 is 14.7 Å². The number of amides is 1. The summed E-state index contributed by atoms with van der Waals surface area (Å²) >= 11 is 0. The van der Waals surface area contributed by atoms with Crippen molar-refractivity contribution in [2.24, 2.45) is 16.3 Å². The molecule has 0 heterocycles. The number of nitrogens with zero attached hydrogens (tertiary/aromatic N) is 1. The number of amidine groups is 1. The number of carbonyl (C=O) groups excluding carboxylic acids is 1. The molecule has 0 rings (SSSR count). The normalized spacial score (nSPS) is 12.5. The van der Waals surface area contributed by atoms with Crippen molar-refractivity contribution in [3.8, 4) is 0 Å². The van der Waals surface area contributed by atoms with Crippen molar-refractivity contribution in [3.63, 3.8) is 0 Å². The summed E-state index contributed by atoms with van der Waals surface area (Å²) < 4.78 is 5.33. The van der Waals surface area contributed by atoms with Gasteiger partial charge in [-0.3, -0.25) is 4.79 Å². The Kier molecular flexibility index (Phi) is 8.95. The van der Waals surface area contributed by atoms with Crippen LogP contribution in [0.3, 0.4) is 0 Å². The van der Waals surface area contributed by atoms with Crippen molar-refractivity contribution in [2.45, 2.75) is 46.5 Å². The predicted octanol–water partition coefficient (Wildman–Crippen LogP) is 1.47. The Morgan fingerprint density at radius 2 is 1.95 bits per heavy atom. The molecule has 4 N–H and O–H groups in total. The summed E-state index contributed by atoms with van der Waals surface area (Å²) in [6.07, 6.45) is 2.74. The van der Waals surface area contributed by atoms with E-state index in [4.69, 9.17) is 15.7 Å². The Hall–Kier alpha value is -1.30. The number of oxime groups is 1. The van der Waals surface area contributed by atoms with Crippen LogP contribution in [0.15, 0.2) is 5.16 Å². The van der Waals surface area contributed by atoms with Crippen LogP contribution in [-0.2, 0) is 9.53 Å². The fourth-order valence-electron chi connectivity index (χ4n) is 1.94. The average molecular weight is 273 g/mol. The molecule has 6 nitrogen and oxygen atoms in total. The molecule has 0 aliphatic rings. The Balaban J connectivity index is 4.28. The Morgan fingerprint density at radius 1 is 1.32 bits per heavy atom. The smallest absolute Gasteiger partial charge is 0.233 e. The highest BCUT2D eigenvalue weighted by atomic mass is 16.5. The minimum atomic E-state index is -0.918. The summed E-state index contributed by atoms with van der Waals surface area (Å²) in [7, 11) is 0. The van der Waals surface area contributed by atoms with E-state index in [1.807, 2.05) is 13.8 Å². The molecule has 112 valence electrons. The third-order valence-corrected chi connectivity index (χ3v) is 3.34. The highest BCUT2D eigenvalue weighted by Gasteiger charge is 2.39. The second kappa shape index (κ2) is 9.61. The zero-order valence-corrected chi connectivity index (χ0v) is 12.2. The summed E-state index contributed by atoms with van der Waals surface area (Å²) in [4.78, 5) is 12.2. The topological polar surface area (TPSA) is 96.9 Å². The van der Waals surface area contributed by atoms with Gasteiger partial charge in [-0.25, -0.2) is 0 Å². The maximum atomic E-state index is 12.2. The Labute approximate surface area is 115 Å². The van der Waals surface area contributed by atoms with E-state index in [9.17, 15) is 4.79 Å². The molecule has 1 amide bonds. The fourth-order valence-corrected chi connectivity index (χ4v) is 1.94. The van der Waals surface area contributed by atoms with Gasteiger partial charge in [-0.2, -0.15) is 0 Å². The lowest BCUT2D eigenvalue weighted by Crippen LogP contribution is -2.49. The Bertz CT molecular complexity index is 289. The van der Waals surface area contributed by atoms with Gasteiger partial charge in [0, 0.05) is 19.8 Å². The number of nitrogens with one attached hydrogen (secondary N) is 1. The van der Waals surface area contributed by atoms with Crippen LogP contribution in [0.4, 0.5) is 0 Å². The number of rotatable bonds is 10. The van der Waals surface area contributed by atoms with Gasteiger partial charge in [-0.15, -0.1) is 0 Å². The number of ether oxygens (including phenoxy) is 1. The van der Waals surface area contributed by atoms with Crippen LogP contribution in [0.5, 0.6) is 0 Å². The van der Waals surface area contributed by atoms with Gasteiger partial charge >= 0.3 is 0 Å². The lowest BCUT2D eigenvalue weighted by Gasteiger charge is -2.28. The average Bonchev–Trinajstić information content (AvgIpc) is 2.44. The number of nitrogens with two attached hydrogens (primary N) is 1. The van der Waals surface area contributed by atoms with Crippen LogP contribution in [0.1, 0.15) is 46.5 Å². The van der Waals surface area contributed by atoms with Gasteiger partial charge in [-0.1, -0.05) is 25.9 Å². The largest absolute Gasteiger partial charge is 0.409 e. The van der Waals surface area contributed by atoms with E-state index in [1.54, 1.807) is 0 Å². The van der Waals surface area contributed by atoms with E-state index in [0.717, 1.165) is 19.4 Å². The summed E-state index contributed by atoms with van der Waals surface area (Å²) in [5.74, 6) is -0.222. The Morgan fingerprint density at radius 3 is 2.42 bits per heavy atom. The first-order chi connectivity index (χ1) is 9.08. The molecule has 0 radical (unpaired) electrons. The van der Waals surface area contributed by atoms with Crippen LogP contribution < -0.4 is 11.1 Å². The molecule has 0 aliphatic carbocycles. The van der Waals surface area contributed by atoms with Gasteiger partial charge < -0.3 is 21.0 Å². The van der Waals surface area contributed by atoms with Gasteiger partial charge in [-0.05, 0) is 25.7 Å². The molecule has 0 aromatic rings. The van der Waals surface area contributed by atoms with Crippen molar-refractivity contribution >= 4 is 11.7 Å². The van der Waals surface area contributed by atoms with E-state index in [-0.39, 0.29) is 11.7 Å². The van der Waals surface area contributed by atoms with E-state index in [0.29, 0.717) is 26.0 Å². The molecule has 0 saturated carbocycles. The van der Waals surface area contributed by atoms with Crippen LogP contribution >= 0.6 is 0 Å². The zero-order chi connectivity index (χ0) is 14.7. The van der Waals surface area contributed by atoms with Crippen LogP contribution in [-0.4, -0.2) is 36.7 Å². The van der Waals surface area contributed by atoms with Gasteiger partial charge in [0.15, 0.2) is 5.84 Å². The van der Waals surface area contributed by atoms with Gasteiger partial charge in [0.05, 0.1) is 0 Å². The molecule has 0 unspecified atom stereocenters. The van der Waals surface area contributed by atoms with E-state index < -0.39 is 5.41 Å². The predicted molar refractivity (Wildman–Crippen MR) is 75.2 cm³/mol. The lowest BCUT2D eigenvalue weighted by atomic mass is 9.80. The van der Waals surface area contributed by atoms with Gasteiger partial charge in [0.25, 0.3) is 0 Å². The molecular weight excluding hydrogens is 246 g/mol. The highest BCUT2D eigenvalue weighted by molar-refractivity contribution is 6.06. The van der Waals surface area contributed by atoms with E-state index >= 15 is 0 Å². The molecule has 0 aliphatic heterocycles. The SMILES string of the molecule is CCCOCCCNC(=O)C(CC)(CC)C(N)=NO. The van der Waals surface area contributed by atoms with Crippen molar-refractivity contribution in [1.82, 2.24) is 5.32 Å². The minimum absolute atomic E-state index is 0.0303. The van der Waals surface area contributed by atoms with E-state index in [2.05, 4.69) is 17.4 Å². The maximum Gasteiger partial charge on any atom is 0.233 e. The molecule has 0 spiro atoms. The second-order valence-electron chi connectivity index (χ2n) is 4.50. The number of hydrogen-bond acceptors (Lipinski definition) is 4. The van der Waals surface area contributed by atoms with Crippen molar-refractivity contribution in [1.29, 1.82) is 0 Å². The maximum absolute atomic E-state index is 12.2. The fraction of sp³-hybridized carbons (Fsp3) is 0.846. The number of hydrogen-bond donors (Lipinski definition) is 3. The quantitative estimate of drug-likeness (QED) is 0.185. The zero-order valence-electron chi connectivity index (χ0n) is 12.2. The standard InChI is InChI=1S/C13H27N3O3/c1-4-9-19-10-7-8-15-12(17)13(5-2,6-3)11(14)16-18/h18H,4-10H2,1-3H3,(H2,14,16)(H,15,17). The highest BCUT2D eigenvalue weighted by Crippen LogP contribution is 2.26. The van der Waals surface area contributed by atoms with E-state index in [1.165, 1.54) is 0 Å². The minimum Gasteiger partial charge on any atom is -0.409 e.